The molecule has 2 unspecified atom stereocenters. The number of H-pyrrole nitrogens is 1. The summed E-state index contributed by atoms with van der Waals surface area (Å²) in [4.78, 5) is 25.9. The number of carbonyl (C=O) groups excluding carboxylic acids is 1. The largest absolute Gasteiger partial charge is 0.490 e. The van der Waals surface area contributed by atoms with Gasteiger partial charge in [-0.1, -0.05) is 18.2 Å². The first-order valence-corrected chi connectivity index (χ1v) is 7.62. The molecule has 5 nitrogen and oxygen atoms in total. The number of hydrogen-bond donors (Lipinski definition) is 2. The Morgan fingerprint density at radius 1 is 1.24 bits per heavy atom. The lowest BCUT2D eigenvalue weighted by molar-refractivity contribution is -0.141. The van der Waals surface area contributed by atoms with Crippen LogP contribution in [0.4, 0.5) is 13.2 Å². The zero-order valence-corrected chi connectivity index (χ0v) is 13.2. The van der Waals surface area contributed by atoms with E-state index >= 15 is 0 Å². The van der Waals surface area contributed by atoms with Crippen LogP contribution in [0.1, 0.15) is 41.0 Å². The van der Waals surface area contributed by atoms with Crippen molar-refractivity contribution in [2.75, 3.05) is 0 Å². The van der Waals surface area contributed by atoms with E-state index in [1.54, 1.807) is 29.2 Å². The molecule has 25 heavy (non-hydrogen) atoms. The molecule has 8 heteroatoms. The zero-order chi connectivity index (χ0) is 18.2. The lowest BCUT2D eigenvalue weighted by Crippen LogP contribution is -2.37. The van der Waals surface area contributed by atoms with E-state index in [0.717, 1.165) is 11.6 Å². The molecule has 0 saturated carbocycles. The molecule has 0 aliphatic carbocycles. The number of alkyl halides is 3. The number of hydrogen-bond acceptors (Lipinski definition) is 3. The second kappa shape index (κ2) is 6.27. The average molecular weight is 352 g/mol. The molecule has 1 aliphatic heterocycles. The summed E-state index contributed by atoms with van der Waals surface area (Å²) in [5.74, 6) is -0.100. The quantitative estimate of drug-likeness (QED) is 0.873. The highest BCUT2D eigenvalue weighted by molar-refractivity contribution is 5.94. The number of amides is 1. The van der Waals surface area contributed by atoms with E-state index in [-0.39, 0.29) is 11.7 Å². The Hall–Kier alpha value is -2.77. The molecule has 2 heterocycles. The Kier molecular flexibility index (Phi) is 4.28. The van der Waals surface area contributed by atoms with Gasteiger partial charge in [-0.15, -0.1) is 0 Å². The monoisotopic (exact) mass is 352 g/mol. The maximum Gasteiger partial charge on any atom is 0.431 e. The first-order valence-electron chi connectivity index (χ1n) is 7.62. The number of nitrogens with one attached hydrogen (secondary N) is 2. The van der Waals surface area contributed by atoms with Crippen LogP contribution in [0.2, 0.25) is 0 Å². The molecule has 1 aromatic carbocycles. The van der Waals surface area contributed by atoms with Crippen LogP contribution >= 0.6 is 0 Å². The van der Waals surface area contributed by atoms with Crippen LogP contribution in [0.15, 0.2) is 41.2 Å². The van der Waals surface area contributed by atoms with Crippen molar-refractivity contribution in [1.29, 1.82) is 0 Å². The normalized spacial score (nSPS) is 19.7. The average Bonchev–Trinajstić information content (AvgIpc) is 2.53. The van der Waals surface area contributed by atoms with Crippen molar-refractivity contribution < 1.29 is 22.7 Å². The molecule has 3 rings (SSSR count). The fourth-order valence-electron chi connectivity index (χ4n) is 2.79. The summed E-state index contributed by atoms with van der Waals surface area (Å²) in [7, 11) is 0. The van der Waals surface area contributed by atoms with Gasteiger partial charge in [0.1, 0.15) is 17.0 Å². The second-order valence-electron chi connectivity index (χ2n) is 5.84. The van der Waals surface area contributed by atoms with Gasteiger partial charge in [0.25, 0.3) is 11.5 Å². The number of aromatic amines is 1. The maximum absolute atomic E-state index is 12.6. The molecule has 1 aliphatic rings. The summed E-state index contributed by atoms with van der Waals surface area (Å²) in [5.41, 5.74) is -1.89. The third-order valence-corrected chi connectivity index (χ3v) is 3.96. The van der Waals surface area contributed by atoms with Crippen LogP contribution in [0, 0.1) is 0 Å². The molecule has 1 aromatic heterocycles. The zero-order valence-electron chi connectivity index (χ0n) is 13.2. The molecule has 2 atom stereocenters. The van der Waals surface area contributed by atoms with E-state index < -0.39 is 29.4 Å². The highest BCUT2D eigenvalue weighted by Gasteiger charge is 2.33. The number of fused-ring (bicyclic) bond motifs is 1. The summed E-state index contributed by atoms with van der Waals surface area (Å²) in [6.07, 6.45) is -4.34. The van der Waals surface area contributed by atoms with E-state index in [2.05, 4.69) is 5.32 Å². The third-order valence-electron chi connectivity index (χ3n) is 3.96. The minimum atomic E-state index is -4.68. The van der Waals surface area contributed by atoms with E-state index in [1.165, 1.54) is 0 Å². The lowest BCUT2D eigenvalue weighted by Gasteiger charge is -2.30. The van der Waals surface area contributed by atoms with Crippen molar-refractivity contribution in [2.45, 2.75) is 31.7 Å². The third kappa shape index (κ3) is 3.52. The van der Waals surface area contributed by atoms with Crippen molar-refractivity contribution >= 4 is 5.91 Å². The van der Waals surface area contributed by atoms with Gasteiger partial charge in [0.05, 0.1) is 12.1 Å². The molecule has 0 bridgehead atoms. The van der Waals surface area contributed by atoms with Crippen molar-refractivity contribution in [3.8, 4) is 5.75 Å². The maximum atomic E-state index is 12.6. The van der Waals surface area contributed by atoms with Gasteiger partial charge in [-0.05, 0) is 25.1 Å². The lowest BCUT2D eigenvalue weighted by atomic mass is 9.97. The van der Waals surface area contributed by atoms with Crippen LogP contribution in [0.25, 0.3) is 0 Å². The molecular weight excluding hydrogens is 337 g/mol. The molecule has 132 valence electrons. The predicted octanol–water partition coefficient (Wildman–Crippen LogP) is 3.04. The van der Waals surface area contributed by atoms with Gasteiger partial charge in [0.15, 0.2) is 0 Å². The predicted molar refractivity (Wildman–Crippen MR) is 83.4 cm³/mol. The van der Waals surface area contributed by atoms with E-state index in [9.17, 15) is 22.8 Å². The number of pyridine rings is 1. The Labute approximate surface area is 140 Å². The fourth-order valence-corrected chi connectivity index (χ4v) is 2.79. The Morgan fingerprint density at radius 2 is 1.96 bits per heavy atom. The number of ether oxygens (including phenoxy) is 1. The standard InChI is InChI=1S/C17H15F3N2O3/c1-9-8-12(10-4-2-3-5-13(10)25-9)21-15(23)11-6-7-14(17(18,19)20)22-16(11)24/h2-7,9,12H,8H2,1H3,(H,21,23)(H,22,24). The summed E-state index contributed by atoms with van der Waals surface area (Å²) in [5, 5.41) is 2.70. The topological polar surface area (TPSA) is 71.2 Å². The van der Waals surface area contributed by atoms with E-state index in [1.807, 2.05) is 6.92 Å². The van der Waals surface area contributed by atoms with Gasteiger partial charge >= 0.3 is 6.18 Å². The fraction of sp³-hybridized carbons (Fsp3) is 0.294. The Bertz CT molecular complexity index is 861. The smallest absolute Gasteiger partial charge is 0.431 e. The molecule has 0 radical (unpaired) electrons. The van der Waals surface area contributed by atoms with Gasteiger partial charge in [0, 0.05) is 12.0 Å². The number of rotatable bonds is 2. The van der Waals surface area contributed by atoms with E-state index in [4.69, 9.17) is 4.74 Å². The highest BCUT2D eigenvalue weighted by Crippen LogP contribution is 2.34. The first kappa shape index (κ1) is 17.1. The molecule has 2 aromatic rings. The highest BCUT2D eigenvalue weighted by atomic mass is 19.4. The number of halogens is 3. The van der Waals surface area contributed by atoms with E-state index in [0.29, 0.717) is 18.2 Å². The Morgan fingerprint density at radius 3 is 2.64 bits per heavy atom. The minimum Gasteiger partial charge on any atom is -0.490 e. The van der Waals surface area contributed by atoms with Crippen LogP contribution in [0.3, 0.4) is 0 Å². The Balaban J connectivity index is 1.85. The number of para-hydroxylation sites is 1. The number of benzene rings is 1. The molecular formula is C17H15F3N2O3. The van der Waals surface area contributed by atoms with Gasteiger partial charge in [-0.2, -0.15) is 13.2 Å². The van der Waals surface area contributed by atoms with Crippen LogP contribution in [0.5, 0.6) is 5.75 Å². The molecule has 0 saturated heterocycles. The van der Waals surface area contributed by atoms with Gasteiger partial charge in [-0.3, -0.25) is 9.59 Å². The van der Waals surface area contributed by atoms with Crippen molar-refractivity contribution in [3.63, 3.8) is 0 Å². The summed E-state index contributed by atoms with van der Waals surface area (Å²) in [6.45, 7) is 1.85. The number of carbonyl (C=O) groups is 1. The molecule has 2 N–H and O–H groups in total. The summed E-state index contributed by atoms with van der Waals surface area (Å²) >= 11 is 0. The molecule has 0 fully saturated rings. The summed E-state index contributed by atoms with van der Waals surface area (Å²) in [6, 6.07) is 8.33. The van der Waals surface area contributed by atoms with Gasteiger partial charge in [0.2, 0.25) is 0 Å². The second-order valence-corrected chi connectivity index (χ2v) is 5.84. The van der Waals surface area contributed by atoms with Crippen molar-refractivity contribution in [1.82, 2.24) is 10.3 Å². The van der Waals surface area contributed by atoms with Gasteiger partial charge < -0.3 is 15.0 Å². The first-order chi connectivity index (χ1) is 11.8. The van der Waals surface area contributed by atoms with Gasteiger partial charge in [-0.25, -0.2) is 0 Å². The van der Waals surface area contributed by atoms with Crippen LogP contribution in [-0.2, 0) is 6.18 Å². The van der Waals surface area contributed by atoms with Crippen LogP contribution in [-0.4, -0.2) is 17.0 Å². The summed E-state index contributed by atoms with van der Waals surface area (Å²) < 4.78 is 43.5. The van der Waals surface area contributed by atoms with Crippen LogP contribution < -0.4 is 15.6 Å². The SMILES string of the molecule is CC1CC(NC(=O)c2ccc(C(F)(F)F)[nH]c2=O)c2ccccc2O1. The number of aromatic nitrogens is 1. The molecule has 1 amide bonds. The van der Waals surface area contributed by atoms with Crippen molar-refractivity contribution in [3.05, 3.63) is 63.6 Å². The van der Waals surface area contributed by atoms with Crippen molar-refractivity contribution in [2.24, 2.45) is 0 Å². The molecule has 0 spiro atoms. The minimum absolute atomic E-state index is 0.147.